The van der Waals surface area contributed by atoms with Crippen LogP contribution in [0.15, 0.2) is 36.5 Å². The van der Waals surface area contributed by atoms with Gasteiger partial charge in [-0.15, -0.1) is 0 Å². The highest BCUT2D eigenvalue weighted by molar-refractivity contribution is 5.43. The van der Waals surface area contributed by atoms with Crippen molar-refractivity contribution in [1.82, 2.24) is 10.3 Å². The quantitative estimate of drug-likeness (QED) is 0.881. The lowest BCUT2D eigenvalue weighted by molar-refractivity contribution is -0.137. The molecular weight excluding hydrogens is 300 g/mol. The van der Waals surface area contributed by atoms with Crippen molar-refractivity contribution >= 4 is 0 Å². The Kier molecular flexibility index (Phi) is 3.74. The van der Waals surface area contributed by atoms with Crippen LogP contribution in [0.5, 0.6) is 5.75 Å². The molecule has 2 aromatic rings. The Balaban J connectivity index is 1.74. The molecule has 3 rings (SSSR count). The summed E-state index contributed by atoms with van der Waals surface area (Å²) < 4.78 is 56.7. The molecule has 1 aliphatic heterocycles. The first-order chi connectivity index (χ1) is 10.4. The fraction of sp³-hybridized carbons (Fsp3) is 0.267. The Hall–Kier alpha value is -2.15. The molecule has 0 spiro atoms. The molecule has 0 saturated heterocycles. The number of pyridine rings is 1. The lowest BCUT2D eigenvalue weighted by Gasteiger charge is -2.12. The van der Waals surface area contributed by atoms with Gasteiger partial charge in [-0.2, -0.15) is 13.2 Å². The molecule has 2 heterocycles. The van der Waals surface area contributed by atoms with Crippen LogP contribution in [0.3, 0.4) is 0 Å². The maximum atomic E-state index is 13.5. The zero-order chi connectivity index (χ0) is 15.7. The van der Waals surface area contributed by atoms with Gasteiger partial charge in [-0.05, 0) is 24.3 Å². The summed E-state index contributed by atoms with van der Waals surface area (Å²) in [6, 6.07) is 5.89. The van der Waals surface area contributed by atoms with Gasteiger partial charge in [0.25, 0.3) is 0 Å². The number of alkyl halides is 3. The number of nitrogens with zero attached hydrogens (tertiary/aromatic N) is 1. The number of nitrogens with one attached hydrogen (secondary N) is 1. The fourth-order valence-electron chi connectivity index (χ4n) is 2.32. The molecule has 116 valence electrons. The van der Waals surface area contributed by atoms with Crippen molar-refractivity contribution in [1.29, 1.82) is 0 Å². The molecule has 7 heteroatoms. The Bertz CT molecular complexity index is 687. The first-order valence-electron chi connectivity index (χ1n) is 6.62. The zero-order valence-electron chi connectivity index (χ0n) is 11.3. The first kappa shape index (κ1) is 14.8. The zero-order valence-corrected chi connectivity index (χ0v) is 11.3. The maximum absolute atomic E-state index is 13.5. The number of ether oxygens (including phenoxy) is 1. The van der Waals surface area contributed by atoms with Crippen molar-refractivity contribution in [2.24, 2.45) is 0 Å². The van der Waals surface area contributed by atoms with Crippen LogP contribution in [0.25, 0.3) is 0 Å². The van der Waals surface area contributed by atoms with Crippen LogP contribution < -0.4 is 10.1 Å². The van der Waals surface area contributed by atoms with E-state index in [0.29, 0.717) is 5.56 Å². The van der Waals surface area contributed by atoms with Crippen LogP contribution in [0.2, 0.25) is 0 Å². The molecular formula is C15H12F4N2O. The normalized spacial score (nSPS) is 17.2. The molecule has 0 saturated carbocycles. The molecule has 1 aliphatic rings. The average Bonchev–Trinajstić information content (AvgIpc) is 2.88. The Morgan fingerprint density at radius 1 is 1.27 bits per heavy atom. The van der Waals surface area contributed by atoms with Crippen molar-refractivity contribution < 1.29 is 22.3 Å². The smallest absolute Gasteiger partial charge is 0.416 e. The molecule has 1 aromatic carbocycles. The third kappa shape index (κ3) is 2.89. The van der Waals surface area contributed by atoms with E-state index in [4.69, 9.17) is 4.74 Å². The number of fused-ring (bicyclic) bond motifs is 1. The summed E-state index contributed by atoms with van der Waals surface area (Å²) in [6.07, 6.45) is -2.92. The van der Waals surface area contributed by atoms with Gasteiger partial charge in [0.2, 0.25) is 0 Å². The standard InChI is InChI=1S/C15H12F4N2O/c16-11-2-1-5-20-12(11)7-21-13-8-22-14-6-9(15(17,18)19)3-4-10(13)14/h1-6,13,21H,7-8H2. The van der Waals surface area contributed by atoms with E-state index in [1.54, 1.807) is 0 Å². The van der Waals surface area contributed by atoms with Gasteiger partial charge in [0.1, 0.15) is 18.2 Å². The summed E-state index contributed by atoms with van der Waals surface area (Å²) in [5.41, 5.74) is 0.134. The van der Waals surface area contributed by atoms with Crippen LogP contribution in [-0.2, 0) is 12.7 Å². The SMILES string of the molecule is Fc1cccnc1CNC1COc2cc(C(F)(F)F)ccc21. The maximum Gasteiger partial charge on any atom is 0.416 e. The van der Waals surface area contributed by atoms with Crippen LogP contribution in [0.4, 0.5) is 17.6 Å². The molecule has 0 amide bonds. The molecule has 1 atom stereocenters. The number of halogens is 4. The van der Waals surface area contributed by atoms with Gasteiger partial charge >= 0.3 is 6.18 Å². The summed E-state index contributed by atoms with van der Waals surface area (Å²) in [6.45, 7) is 0.367. The van der Waals surface area contributed by atoms with Crippen LogP contribution in [0.1, 0.15) is 22.9 Å². The third-order valence-corrected chi connectivity index (χ3v) is 3.47. The van der Waals surface area contributed by atoms with E-state index in [0.717, 1.165) is 12.1 Å². The molecule has 3 nitrogen and oxygen atoms in total. The fourth-order valence-corrected chi connectivity index (χ4v) is 2.32. The first-order valence-corrected chi connectivity index (χ1v) is 6.62. The molecule has 1 N–H and O–H groups in total. The summed E-state index contributed by atoms with van der Waals surface area (Å²) in [4.78, 5) is 3.91. The second kappa shape index (κ2) is 5.57. The summed E-state index contributed by atoms with van der Waals surface area (Å²) in [5, 5.41) is 3.04. The van der Waals surface area contributed by atoms with E-state index in [1.807, 2.05) is 0 Å². The van der Waals surface area contributed by atoms with Crippen LogP contribution in [-0.4, -0.2) is 11.6 Å². The average molecular weight is 312 g/mol. The van der Waals surface area contributed by atoms with Gasteiger partial charge in [0.15, 0.2) is 0 Å². The lowest BCUT2D eigenvalue weighted by Crippen LogP contribution is -2.23. The monoisotopic (exact) mass is 312 g/mol. The van der Waals surface area contributed by atoms with E-state index in [9.17, 15) is 17.6 Å². The van der Waals surface area contributed by atoms with Gasteiger partial charge in [-0.3, -0.25) is 4.98 Å². The van der Waals surface area contributed by atoms with E-state index < -0.39 is 17.6 Å². The minimum absolute atomic E-state index is 0.168. The van der Waals surface area contributed by atoms with Gasteiger partial charge in [-0.25, -0.2) is 4.39 Å². The van der Waals surface area contributed by atoms with Gasteiger partial charge in [0, 0.05) is 18.3 Å². The minimum Gasteiger partial charge on any atom is -0.491 e. The molecule has 1 aromatic heterocycles. The minimum atomic E-state index is -4.40. The van der Waals surface area contributed by atoms with Crippen molar-refractivity contribution in [2.45, 2.75) is 18.8 Å². The van der Waals surface area contributed by atoms with Gasteiger partial charge in [0.05, 0.1) is 17.3 Å². The lowest BCUT2D eigenvalue weighted by atomic mass is 10.1. The van der Waals surface area contributed by atoms with E-state index in [1.165, 1.54) is 24.4 Å². The highest BCUT2D eigenvalue weighted by Gasteiger charge is 2.33. The number of benzene rings is 1. The van der Waals surface area contributed by atoms with Crippen LogP contribution in [0, 0.1) is 5.82 Å². The second-order valence-corrected chi connectivity index (χ2v) is 4.93. The predicted octanol–water partition coefficient (Wildman–Crippen LogP) is 3.46. The van der Waals surface area contributed by atoms with Crippen molar-refractivity contribution in [3.05, 3.63) is 59.2 Å². The highest BCUT2D eigenvalue weighted by Crippen LogP contribution is 2.38. The van der Waals surface area contributed by atoms with Crippen LogP contribution >= 0.6 is 0 Å². The summed E-state index contributed by atoms with van der Waals surface area (Å²) in [5.74, 6) is -0.227. The van der Waals surface area contributed by atoms with Gasteiger partial charge < -0.3 is 10.1 Å². The van der Waals surface area contributed by atoms with E-state index in [-0.39, 0.29) is 30.6 Å². The molecule has 1 unspecified atom stereocenters. The summed E-state index contributed by atoms with van der Waals surface area (Å²) >= 11 is 0. The Labute approximate surface area is 123 Å². The third-order valence-electron chi connectivity index (χ3n) is 3.47. The van der Waals surface area contributed by atoms with Crippen molar-refractivity contribution in [3.8, 4) is 5.75 Å². The Morgan fingerprint density at radius 3 is 2.82 bits per heavy atom. The largest absolute Gasteiger partial charge is 0.491 e. The molecule has 0 fully saturated rings. The topological polar surface area (TPSA) is 34.2 Å². The van der Waals surface area contributed by atoms with E-state index in [2.05, 4.69) is 10.3 Å². The van der Waals surface area contributed by atoms with E-state index >= 15 is 0 Å². The number of rotatable bonds is 3. The Morgan fingerprint density at radius 2 is 2.09 bits per heavy atom. The van der Waals surface area contributed by atoms with Crippen molar-refractivity contribution in [3.63, 3.8) is 0 Å². The number of hydrogen-bond acceptors (Lipinski definition) is 3. The number of aromatic nitrogens is 1. The molecule has 0 radical (unpaired) electrons. The molecule has 22 heavy (non-hydrogen) atoms. The summed E-state index contributed by atoms with van der Waals surface area (Å²) in [7, 11) is 0. The second-order valence-electron chi connectivity index (χ2n) is 4.93. The van der Waals surface area contributed by atoms with Gasteiger partial charge in [-0.1, -0.05) is 6.07 Å². The number of hydrogen-bond donors (Lipinski definition) is 1. The molecule has 0 aliphatic carbocycles. The highest BCUT2D eigenvalue weighted by atomic mass is 19.4. The molecule has 0 bridgehead atoms. The van der Waals surface area contributed by atoms with Crippen molar-refractivity contribution in [2.75, 3.05) is 6.61 Å². The predicted molar refractivity (Wildman–Crippen MR) is 70.7 cm³/mol.